The molecule has 572 valence electrons. The SMILES string of the molecule is CC(C)(C)OC(=O)C#CC1(O)COC1.CC(C)(C)OC(=O)c1c(-c2c(Cl)cc(Cl)cc2Cl)noc1C1(F)COC1.CC(C)(C)OC(=O)c1c(-c2c(Cl)cc(Cl)cc2Cl)noc1C1(O)COC1.O/N=C(\Cl)c1c(Cl)cc(Cl)cc1Cl.O=C(O)c1c(-c2c(Cl)cc(Cl)cc2Cl)noc1C1(F)COC1.O=C1COC1. The van der Waals surface area contributed by atoms with Crippen LogP contribution in [0.15, 0.2) is 67.3 Å². The van der Waals surface area contributed by atoms with Gasteiger partial charge >= 0.3 is 23.9 Å². The number of oxime groups is 1. The number of rotatable bonds is 10. The molecule has 0 saturated carbocycles. The molecule has 4 aromatic carbocycles. The second kappa shape index (κ2) is 35.6. The van der Waals surface area contributed by atoms with Gasteiger partial charge in [-0.3, -0.25) is 4.79 Å². The first kappa shape index (κ1) is 87.7. The highest BCUT2D eigenvalue weighted by molar-refractivity contribution is 6.71. The Balaban J connectivity index is 0.000000186. The van der Waals surface area contributed by atoms with Gasteiger partial charge in [0.15, 0.2) is 39.4 Å². The predicted molar refractivity (Wildman–Crippen MR) is 391 cm³/mol. The molecule has 4 N–H and O–H groups in total. The fourth-order valence-corrected chi connectivity index (χ4v) is 13.2. The van der Waals surface area contributed by atoms with Crippen LogP contribution >= 0.6 is 151 Å². The van der Waals surface area contributed by atoms with Crippen molar-refractivity contribution in [2.24, 2.45) is 5.16 Å². The van der Waals surface area contributed by atoms with Crippen molar-refractivity contribution < 1.29 is 105 Å². The van der Waals surface area contributed by atoms with Crippen LogP contribution < -0.4 is 0 Å². The molecule has 106 heavy (non-hydrogen) atoms. The first-order valence-electron chi connectivity index (χ1n) is 30.3. The number of nitrogens with zero attached hydrogens (tertiary/aromatic N) is 4. The van der Waals surface area contributed by atoms with Gasteiger partial charge in [-0.1, -0.05) is 177 Å². The van der Waals surface area contributed by atoms with Crippen molar-refractivity contribution >= 4 is 186 Å². The van der Waals surface area contributed by atoms with Crippen LogP contribution in [0.4, 0.5) is 8.78 Å². The number of esters is 3. The van der Waals surface area contributed by atoms with Crippen molar-refractivity contribution in [2.75, 3.05) is 66.1 Å². The summed E-state index contributed by atoms with van der Waals surface area (Å²) in [5.41, 5.74) is -8.64. The van der Waals surface area contributed by atoms with E-state index in [1.54, 1.807) is 62.3 Å². The van der Waals surface area contributed by atoms with Gasteiger partial charge in [0, 0.05) is 42.7 Å². The number of halogens is 15. The van der Waals surface area contributed by atoms with Gasteiger partial charge in [-0.2, -0.15) is 0 Å². The molecule has 5 aliphatic heterocycles. The number of aromatic carboxylic acids is 1. The van der Waals surface area contributed by atoms with Crippen LogP contribution in [0.3, 0.4) is 0 Å². The van der Waals surface area contributed by atoms with E-state index in [4.69, 9.17) is 203 Å². The minimum absolute atomic E-state index is 0.00941. The summed E-state index contributed by atoms with van der Waals surface area (Å²) >= 11 is 77.5. The number of benzene rings is 4. The van der Waals surface area contributed by atoms with Crippen molar-refractivity contribution in [3.05, 3.63) is 148 Å². The summed E-state index contributed by atoms with van der Waals surface area (Å²) in [4.78, 5) is 58.0. The number of carbonyl (C=O) groups excluding carboxylic acids is 4. The average Bonchev–Trinajstić information content (AvgIpc) is 1.59. The molecule has 5 fully saturated rings. The topological polar surface area (TPSA) is 331 Å². The minimum atomic E-state index is -2.02. The lowest BCUT2D eigenvalue weighted by Gasteiger charge is -2.34. The third kappa shape index (κ3) is 22.4. The van der Waals surface area contributed by atoms with E-state index < -0.39 is 74.5 Å². The molecule has 5 aliphatic rings. The fourth-order valence-electron chi connectivity index (χ4n) is 8.92. The van der Waals surface area contributed by atoms with Crippen LogP contribution in [-0.4, -0.2) is 159 Å². The Kier molecular flexibility index (Phi) is 29.5. The molecule has 7 aromatic rings. The molecule has 0 atom stereocenters. The van der Waals surface area contributed by atoms with Crippen molar-refractivity contribution in [3.8, 4) is 45.6 Å². The van der Waals surface area contributed by atoms with Gasteiger partial charge in [0.1, 0.15) is 63.8 Å². The second-order valence-electron chi connectivity index (χ2n) is 26.1. The summed E-state index contributed by atoms with van der Waals surface area (Å²) in [6.07, 6.45) is 0. The molecule has 3 aromatic heterocycles. The number of aromatic nitrogens is 3. The summed E-state index contributed by atoms with van der Waals surface area (Å²) in [7, 11) is 0. The molecule has 0 amide bonds. The van der Waals surface area contributed by atoms with Crippen LogP contribution in [0.25, 0.3) is 33.8 Å². The Hall–Kier alpha value is -5.56. The Morgan fingerprint density at radius 3 is 1.04 bits per heavy atom. The minimum Gasteiger partial charge on any atom is -0.477 e. The smallest absolute Gasteiger partial charge is 0.384 e. The summed E-state index contributed by atoms with van der Waals surface area (Å²) in [6.45, 7) is 15.4. The van der Waals surface area contributed by atoms with Crippen molar-refractivity contribution in [2.45, 2.75) is 102 Å². The lowest BCUT2D eigenvalue weighted by atomic mass is 9.93. The van der Waals surface area contributed by atoms with Gasteiger partial charge in [0.05, 0.1) is 98.6 Å². The number of aliphatic hydroxyl groups is 2. The summed E-state index contributed by atoms with van der Waals surface area (Å²) in [6, 6.07) is 11.5. The number of carboxylic acid groups (broad SMARTS) is 1. The van der Waals surface area contributed by atoms with E-state index in [0.29, 0.717) is 28.3 Å². The van der Waals surface area contributed by atoms with E-state index >= 15 is 0 Å². The zero-order valence-corrected chi connectivity index (χ0v) is 66.3. The molecule has 0 aliphatic carbocycles. The van der Waals surface area contributed by atoms with E-state index in [0.717, 1.165) is 0 Å². The van der Waals surface area contributed by atoms with Crippen molar-refractivity contribution in [1.82, 2.24) is 15.5 Å². The number of ketones is 1. The second-order valence-corrected chi connectivity index (χ2v) is 31.5. The van der Waals surface area contributed by atoms with E-state index in [2.05, 4.69) is 37.2 Å². The Morgan fingerprint density at radius 2 is 0.774 bits per heavy atom. The normalized spacial score (nSPS) is 16.4. The number of carbonyl (C=O) groups is 5. The number of Topliss-reactive ketones (excluding diaryl/α,β-unsaturated/α-hetero) is 1. The number of hydrogen-bond acceptors (Lipinski definition) is 23. The van der Waals surface area contributed by atoms with Gasteiger partial charge in [-0.25, -0.2) is 28.0 Å². The van der Waals surface area contributed by atoms with Gasteiger partial charge < -0.3 is 72.0 Å². The number of hydrogen-bond donors (Lipinski definition) is 4. The Bertz CT molecular complexity index is 4340. The van der Waals surface area contributed by atoms with E-state index in [1.165, 1.54) is 48.5 Å². The molecular formula is C67H59Cl13F2N4O20. The quantitative estimate of drug-likeness (QED) is 0.0188. The molecule has 0 bridgehead atoms. The maximum Gasteiger partial charge on any atom is 0.384 e. The van der Waals surface area contributed by atoms with Crippen LogP contribution in [-0.2, 0) is 64.4 Å². The monoisotopic (exact) mass is 1730 g/mol. The van der Waals surface area contributed by atoms with Gasteiger partial charge in [-0.15, -0.1) is 0 Å². The van der Waals surface area contributed by atoms with E-state index in [9.17, 15) is 48.1 Å². The average molecular weight is 1740 g/mol. The summed E-state index contributed by atoms with van der Waals surface area (Å²) in [5, 5.41) is 54.5. The first-order chi connectivity index (χ1) is 49.1. The van der Waals surface area contributed by atoms with Crippen molar-refractivity contribution in [1.29, 1.82) is 0 Å². The molecule has 8 heterocycles. The third-order valence-corrected chi connectivity index (χ3v) is 17.3. The van der Waals surface area contributed by atoms with Crippen LogP contribution in [0.2, 0.25) is 60.3 Å². The van der Waals surface area contributed by atoms with Gasteiger partial charge in [0.2, 0.25) is 11.3 Å². The number of ether oxygens (including phenoxy) is 8. The first-order valence-corrected chi connectivity index (χ1v) is 35.2. The van der Waals surface area contributed by atoms with Crippen LogP contribution in [0.5, 0.6) is 0 Å². The largest absolute Gasteiger partial charge is 0.477 e. The molecule has 0 spiro atoms. The number of alkyl halides is 2. The highest BCUT2D eigenvalue weighted by Crippen LogP contribution is 2.48. The lowest BCUT2D eigenvalue weighted by molar-refractivity contribution is -0.195. The molecule has 0 radical (unpaired) electrons. The highest BCUT2D eigenvalue weighted by Gasteiger charge is 2.51. The van der Waals surface area contributed by atoms with E-state index in [1.807, 2.05) is 0 Å². The molecule has 5 saturated heterocycles. The molecular weight excluding hydrogens is 1680 g/mol. The zero-order valence-electron chi connectivity index (χ0n) is 56.5. The molecule has 0 unspecified atom stereocenters. The van der Waals surface area contributed by atoms with Crippen LogP contribution in [0.1, 0.15) is 116 Å². The third-order valence-electron chi connectivity index (χ3n) is 13.8. The standard InChI is InChI=1S/C17H15Cl3FNO4.C17H16Cl3NO5.C13H7Cl3FNO4.C10H14O4.C7H3Cl4NO.C3H4O2/c1-16(2,3)25-15(23)12-13(11-9(19)4-8(18)5-10(11)20)22-26-14(12)17(21)6-24-7-17;1-16(2,3)25-15(22)12-13(11-9(19)4-8(18)5-10(11)20)21-26-14(12)17(23)6-24-7-17;14-5-1-6(15)8(7(16)2-5)10-9(12(19)20)11(22-18-10)13(17)3-21-4-13;1-9(2,3)14-8(11)4-5-10(12)6-13-7-10;8-3-1-4(9)6(5(10)2-3)7(11)12-13;4-3-1-5-2-3/h4-5H,6-7H2,1-3H3;4-5,23H,6-7H2,1-3H3;1-2H,3-4H2,(H,19,20);12H,6-7H2,1-3H3;1-2,13H;1-2H2/b;;;;12-7-;. The number of carboxylic acids is 1. The Morgan fingerprint density at radius 1 is 0.472 bits per heavy atom. The highest BCUT2D eigenvalue weighted by atomic mass is 35.5. The predicted octanol–water partition coefficient (Wildman–Crippen LogP) is 17.8. The summed E-state index contributed by atoms with van der Waals surface area (Å²) < 4.78 is 84.6. The molecule has 39 heteroatoms. The zero-order chi connectivity index (χ0) is 79.1. The van der Waals surface area contributed by atoms with Gasteiger partial charge in [-0.05, 0) is 111 Å². The Labute approximate surface area is 667 Å². The maximum absolute atomic E-state index is 14.9. The molecule has 12 rings (SSSR count). The van der Waals surface area contributed by atoms with Gasteiger partial charge in [0.25, 0.3) is 0 Å². The fraction of sp³-hybridized carbons (Fsp3) is 0.388. The summed E-state index contributed by atoms with van der Waals surface area (Å²) in [5.74, 6) is 0.604. The maximum atomic E-state index is 14.9. The van der Waals surface area contributed by atoms with Crippen molar-refractivity contribution in [3.63, 3.8) is 0 Å². The van der Waals surface area contributed by atoms with E-state index in [-0.39, 0.29) is 171 Å². The molecule has 24 nitrogen and oxygen atoms in total. The lowest BCUT2D eigenvalue weighted by Crippen LogP contribution is -2.48. The van der Waals surface area contributed by atoms with Crippen LogP contribution in [0, 0.1) is 11.8 Å².